The molecule has 2 heterocycles. The Balaban J connectivity index is 1.96. The van der Waals surface area contributed by atoms with Gasteiger partial charge in [-0.05, 0) is 56.2 Å². The second-order valence-corrected chi connectivity index (χ2v) is 9.22. The molecule has 4 aromatic rings. The number of benzene rings is 2. The number of rotatable bonds is 3. The predicted octanol–water partition coefficient (Wildman–Crippen LogP) is 3.77. The summed E-state index contributed by atoms with van der Waals surface area (Å²) in [6.07, 6.45) is 0. The molecule has 0 radical (unpaired) electrons. The number of thiazole rings is 1. The van der Waals surface area contributed by atoms with Crippen LogP contribution in [0, 0.1) is 26.6 Å². The van der Waals surface area contributed by atoms with Crippen LogP contribution in [0.25, 0.3) is 15.2 Å². The lowest BCUT2D eigenvalue weighted by molar-refractivity contribution is 0.598. The number of hydrogen-bond acceptors (Lipinski definition) is 5. The smallest absolute Gasteiger partial charge is 0.279 e. The Bertz CT molecular complexity index is 1420. The molecule has 2 aromatic heterocycles. The van der Waals surface area contributed by atoms with Gasteiger partial charge in [0.1, 0.15) is 5.82 Å². The van der Waals surface area contributed by atoms with Crippen LogP contribution in [-0.2, 0) is 10.0 Å². The third-order valence-corrected chi connectivity index (χ3v) is 6.95. The minimum absolute atomic E-state index is 0.0784. The molecule has 0 aliphatic carbocycles. The average Bonchev–Trinajstić information content (AvgIpc) is 2.94. The topological polar surface area (TPSA) is 80.5 Å². The Kier molecular flexibility index (Phi) is 4.24. The summed E-state index contributed by atoms with van der Waals surface area (Å²) in [5.41, 5.74) is 1.65. The molecule has 0 saturated carbocycles. The molecule has 6 nitrogen and oxygen atoms in total. The summed E-state index contributed by atoms with van der Waals surface area (Å²) in [6, 6.07) is 9.32. The fraction of sp³-hybridized carbons (Fsp3) is 0.158. The first kappa shape index (κ1) is 18.6. The van der Waals surface area contributed by atoms with E-state index in [1.165, 1.54) is 34.8 Å². The van der Waals surface area contributed by atoms with Gasteiger partial charge in [0.2, 0.25) is 0 Å². The summed E-state index contributed by atoms with van der Waals surface area (Å²) in [5, 5.41) is 0. The third kappa shape index (κ3) is 2.96. The Labute approximate surface area is 164 Å². The summed E-state index contributed by atoms with van der Waals surface area (Å²) in [5.74, 6) is -0.579. The summed E-state index contributed by atoms with van der Waals surface area (Å²) in [4.78, 5) is 17.4. The van der Waals surface area contributed by atoms with Gasteiger partial charge in [-0.1, -0.05) is 23.5 Å². The van der Waals surface area contributed by atoms with E-state index in [9.17, 15) is 17.6 Å². The minimum Gasteiger partial charge on any atom is -0.279 e. The standard InChI is InChI=1S/C19H16FN3O3S2/c1-10-4-7-15-16(8-10)27-19-21-12(3)17(18(24)23(15)19)28(25,26)22-14-9-13(20)6-5-11(14)2/h4-9,22H,1-3H3. The fourth-order valence-electron chi connectivity index (χ4n) is 3.06. The van der Waals surface area contributed by atoms with E-state index in [4.69, 9.17) is 0 Å². The lowest BCUT2D eigenvalue weighted by Gasteiger charge is -2.12. The van der Waals surface area contributed by atoms with Crippen LogP contribution in [0.5, 0.6) is 0 Å². The van der Waals surface area contributed by atoms with Gasteiger partial charge in [0.05, 0.1) is 21.6 Å². The molecule has 0 amide bonds. The first-order chi connectivity index (χ1) is 13.2. The molecule has 0 spiro atoms. The van der Waals surface area contributed by atoms with E-state index < -0.39 is 26.3 Å². The van der Waals surface area contributed by atoms with Crippen LogP contribution in [0.3, 0.4) is 0 Å². The Morgan fingerprint density at radius 1 is 1.11 bits per heavy atom. The van der Waals surface area contributed by atoms with Gasteiger partial charge in [0, 0.05) is 0 Å². The van der Waals surface area contributed by atoms with Crippen LogP contribution >= 0.6 is 11.3 Å². The van der Waals surface area contributed by atoms with Gasteiger partial charge in [0.25, 0.3) is 15.6 Å². The van der Waals surface area contributed by atoms with Gasteiger partial charge in [-0.2, -0.15) is 0 Å². The molecule has 0 saturated heterocycles. The quantitative estimate of drug-likeness (QED) is 0.550. The van der Waals surface area contributed by atoms with Crippen molar-refractivity contribution in [1.82, 2.24) is 9.38 Å². The second-order valence-electron chi connectivity index (χ2n) is 6.59. The number of aromatic nitrogens is 2. The maximum Gasteiger partial charge on any atom is 0.280 e. The van der Waals surface area contributed by atoms with Crippen LogP contribution in [0.1, 0.15) is 16.8 Å². The van der Waals surface area contributed by atoms with Crippen LogP contribution in [0.15, 0.2) is 46.1 Å². The van der Waals surface area contributed by atoms with Crippen molar-refractivity contribution in [3.63, 3.8) is 0 Å². The van der Waals surface area contributed by atoms with Gasteiger partial charge in [-0.3, -0.25) is 9.52 Å². The first-order valence-corrected chi connectivity index (χ1v) is 10.7. The molecule has 9 heteroatoms. The summed E-state index contributed by atoms with van der Waals surface area (Å²) in [6.45, 7) is 5.06. The van der Waals surface area contributed by atoms with Crippen molar-refractivity contribution < 1.29 is 12.8 Å². The lowest BCUT2D eigenvalue weighted by atomic mass is 10.2. The fourth-order valence-corrected chi connectivity index (χ4v) is 5.59. The number of sulfonamides is 1. The number of aryl methyl sites for hydroxylation is 3. The molecule has 0 bridgehead atoms. The van der Waals surface area contributed by atoms with Crippen molar-refractivity contribution >= 4 is 42.2 Å². The molecule has 0 atom stereocenters. The molecule has 2 aromatic carbocycles. The van der Waals surface area contributed by atoms with Gasteiger partial charge in [0.15, 0.2) is 9.86 Å². The third-order valence-electron chi connectivity index (χ3n) is 4.45. The highest BCUT2D eigenvalue weighted by atomic mass is 32.2. The zero-order valence-corrected chi connectivity index (χ0v) is 16.9. The highest BCUT2D eigenvalue weighted by Gasteiger charge is 2.26. The van der Waals surface area contributed by atoms with Crippen molar-refractivity contribution in [3.8, 4) is 0 Å². The van der Waals surface area contributed by atoms with Crippen LogP contribution in [0.2, 0.25) is 0 Å². The van der Waals surface area contributed by atoms with E-state index in [1.807, 2.05) is 19.1 Å². The Hall–Kier alpha value is -2.78. The van der Waals surface area contributed by atoms with E-state index >= 15 is 0 Å². The van der Waals surface area contributed by atoms with Crippen molar-refractivity contribution in [2.75, 3.05) is 4.72 Å². The second kappa shape index (κ2) is 6.39. The molecule has 0 fully saturated rings. The van der Waals surface area contributed by atoms with E-state index in [0.29, 0.717) is 16.0 Å². The minimum atomic E-state index is -4.27. The first-order valence-electron chi connectivity index (χ1n) is 8.39. The zero-order chi connectivity index (χ0) is 20.2. The molecular weight excluding hydrogens is 401 g/mol. The molecule has 144 valence electrons. The summed E-state index contributed by atoms with van der Waals surface area (Å²) >= 11 is 1.32. The van der Waals surface area contributed by atoms with Crippen molar-refractivity contribution in [3.05, 3.63) is 69.4 Å². The molecule has 0 unspecified atom stereocenters. The van der Waals surface area contributed by atoms with Crippen LogP contribution in [0.4, 0.5) is 10.1 Å². The SMILES string of the molecule is Cc1ccc2c(c1)sc1nc(C)c(S(=O)(=O)Nc3cc(F)ccc3C)c(=O)n12. The van der Waals surface area contributed by atoms with Gasteiger partial charge >= 0.3 is 0 Å². The highest BCUT2D eigenvalue weighted by Crippen LogP contribution is 2.27. The van der Waals surface area contributed by atoms with Crippen molar-refractivity contribution in [2.45, 2.75) is 25.7 Å². The van der Waals surface area contributed by atoms with Crippen molar-refractivity contribution in [1.29, 1.82) is 0 Å². The molecule has 1 N–H and O–H groups in total. The van der Waals surface area contributed by atoms with Gasteiger partial charge < -0.3 is 0 Å². The van der Waals surface area contributed by atoms with Gasteiger partial charge in [-0.25, -0.2) is 22.2 Å². The van der Waals surface area contributed by atoms with E-state index in [2.05, 4.69) is 9.71 Å². The van der Waals surface area contributed by atoms with E-state index in [-0.39, 0.29) is 11.4 Å². The van der Waals surface area contributed by atoms with Gasteiger partial charge in [-0.15, -0.1) is 0 Å². The highest BCUT2D eigenvalue weighted by molar-refractivity contribution is 7.92. The maximum atomic E-state index is 13.5. The summed E-state index contributed by atoms with van der Waals surface area (Å²) < 4.78 is 44.0. The molecule has 0 aliphatic rings. The predicted molar refractivity (Wildman–Crippen MR) is 108 cm³/mol. The lowest BCUT2D eigenvalue weighted by Crippen LogP contribution is -2.28. The Morgan fingerprint density at radius 3 is 2.61 bits per heavy atom. The Morgan fingerprint density at radius 2 is 1.86 bits per heavy atom. The molecular formula is C19H16FN3O3S2. The largest absolute Gasteiger partial charge is 0.280 e. The number of hydrogen-bond donors (Lipinski definition) is 1. The van der Waals surface area contributed by atoms with Crippen molar-refractivity contribution in [2.24, 2.45) is 0 Å². The van der Waals surface area contributed by atoms with E-state index in [0.717, 1.165) is 16.3 Å². The molecule has 28 heavy (non-hydrogen) atoms. The monoisotopic (exact) mass is 417 g/mol. The number of halogens is 1. The van der Waals surface area contributed by atoms with Crippen LogP contribution < -0.4 is 10.3 Å². The maximum absolute atomic E-state index is 13.5. The molecule has 4 rings (SSSR count). The molecule has 0 aliphatic heterocycles. The normalized spacial score (nSPS) is 12.0. The number of nitrogens with one attached hydrogen (secondary N) is 1. The zero-order valence-electron chi connectivity index (χ0n) is 15.3. The summed E-state index contributed by atoms with van der Waals surface area (Å²) in [7, 11) is -4.27. The van der Waals surface area contributed by atoms with Crippen LogP contribution in [-0.4, -0.2) is 17.8 Å². The number of fused-ring (bicyclic) bond motifs is 3. The number of anilines is 1. The average molecular weight is 417 g/mol. The number of nitrogens with zero attached hydrogens (tertiary/aromatic N) is 2. The van der Waals surface area contributed by atoms with E-state index in [1.54, 1.807) is 13.0 Å².